The third-order valence-corrected chi connectivity index (χ3v) is 6.88. The molecule has 3 aromatic rings. The predicted molar refractivity (Wildman–Crippen MR) is 125 cm³/mol. The molecule has 0 fully saturated rings. The maximum atomic E-state index is 12.6. The molecule has 2 heterocycles. The number of hydrogen-bond donors (Lipinski definition) is 1. The first-order chi connectivity index (χ1) is 14.9. The van der Waals surface area contributed by atoms with Gasteiger partial charge in [-0.15, -0.1) is 21.5 Å². The lowest BCUT2D eigenvalue weighted by molar-refractivity contribution is -0.113. The first kappa shape index (κ1) is 23.0. The van der Waals surface area contributed by atoms with Crippen LogP contribution in [0.1, 0.15) is 40.2 Å². The van der Waals surface area contributed by atoms with Crippen molar-refractivity contribution in [2.45, 2.75) is 45.8 Å². The van der Waals surface area contributed by atoms with Crippen LogP contribution in [0.3, 0.4) is 0 Å². The highest BCUT2D eigenvalue weighted by Crippen LogP contribution is 2.34. The zero-order valence-electron chi connectivity index (χ0n) is 18.3. The van der Waals surface area contributed by atoms with Crippen molar-refractivity contribution < 1.29 is 14.3 Å². The van der Waals surface area contributed by atoms with Crippen LogP contribution in [0.4, 0.5) is 5.00 Å². The topological polar surface area (TPSA) is 86.1 Å². The Morgan fingerprint density at radius 3 is 2.65 bits per heavy atom. The van der Waals surface area contributed by atoms with Gasteiger partial charge in [-0.1, -0.05) is 42.4 Å². The summed E-state index contributed by atoms with van der Waals surface area (Å²) in [5.41, 5.74) is 3.50. The van der Waals surface area contributed by atoms with Crippen molar-refractivity contribution in [2.75, 3.05) is 18.2 Å². The molecule has 0 aliphatic heterocycles. The second kappa shape index (κ2) is 10.1. The zero-order valence-corrected chi connectivity index (χ0v) is 19.9. The fourth-order valence-corrected chi connectivity index (χ4v) is 5.33. The number of hydrogen-bond acceptors (Lipinski definition) is 7. The summed E-state index contributed by atoms with van der Waals surface area (Å²) < 4.78 is 6.91. The van der Waals surface area contributed by atoms with Crippen LogP contribution in [0.15, 0.2) is 29.4 Å². The Kier molecular flexibility index (Phi) is 7.50. The number of thioether (sulfide) groups is 1. The molecule has 164 valence electrons. The lowest BCUT2D eigenvalue weighted by Crippen LogP contribution is -2.16. The van der Waals surface area contributed by atoms with Gasteiger partial charge in [-0.25, -0.2) is 4.79 Å². The van der Waals surface area contributed by atoms with E-state index >= 15 is 0 Å². The lowest BCUT2D eigenvalue weighted by atomic mass is 10.1. The Balaban J connectivity index is 1.75. The minimum Gasteiger partial charge on any atom is -0.465 e. The van der Waals surface area contributed by atoms with Crippen molar-refractivity contribution in [1.29, 1.82) is 0 Å². The third-order valence-electron chi connectivity index (χ3n) is 4.85. The molecule has 0 saturated carbocycles. The van der Waals surface area contributed by atoms with Gasteiger partial charge in [0.05, 0.1) is 18.4 Å². The van der Waals surface area contributed by atoms with Gasteiger partial charge in [-0.3, -0.25) is 4.79 Å². The van der Waals surface area contributed by atoms with Gasteiger partial charge < -0.3 is 14.6 Å². The number of ether oxygens (including phenoxy) is 1. The molecule has 9 heteroatoms. The quantitative estimate of drug-likeness (QED) is 0.388. The third kappa shape index (κ3) is 4.99. The van der Waals surface area contributed by atoms with E-state index in [4.69, 9.17) is 4.74 Å². The predicted octanol–water partition coefficient (Wildman–Crippen LogP) is 4.72. The second-order valence-electron chi connectivity index (χ2n) is 6.94. The number of anilines is 1. The smallest absolute Gasteiger partial charge is 0.341 e. The zero-order chi connectivity index (χ0) is 22.5. The molecular formula is C22H26N4O3S2. The summed E-state index contributed by atoms with van der Waals surface area (Å²) in [5.74, 6) is 0.299. The van der Waals surface area contributed by atoms with E-state index in [0.29, 0.717) is 28.7 Å². The molecule has 2 aromatic heterocycles. The monoisotopic (exact) mass is 458 g/mol. The van der Waals surface area contributed by atoms with E-state index in [-0.39, 0.29) is 11.7 Å². The molecule has 31 heavy (non-hydrogen) atoms. The van der Waals surface area contributed by atoms with E-state index in [0.717, 1.165) is 27.4 Å². The minimum atomic E-state index is -0.433. The Hall–Kier alpha value is -2.65. The molecule has 1 N–H and O–H groups in total. The molecule has 3 rings (SSSR count). The molecule has 1 aromatic carbocycles. The molecule has 0 saturated heterocycles. The van der Waals surface area contributed by atoms with Crippen molar-refractivity contribution in [3.05, 3.63) is 45.8 Å². The minimum absolute atomic E-state index is 0.158. The molecule has 0 radical (unpaired) electrons. The molecular weight excluding hydrogens is 432 g/mol. The van der Waals surface area contributed by atoms with E-state index < -0.39 is 5.97 Å². The highest BCUT2D eigenvalue weighted by molar-refractivity contribution is 7.99. The number of nitrogens with zero attached hydrogens (tertiary/aromatic N) is 3. The van der Waals surface area contributed by atoms with Gasteiger partial charge in [-0.2, -0.15) is 0 Å². The number of esters is 1. The molecule has 0 aliphatic rings. The van der Waals surface area contributed by atoms with E-state index in [1.807, 2.05) is 50.5 Å². The van der Waals surface area contributed by atoms with Gasteiger partial charge in [0.25, 0.3) is 0 Å². The van der Waals surface area contributed by atoms with Crippen LogP contribution in [-0.4, -0.2) is 39.5 Å². The van der Waals surface area contributed by atoms with Crippen LogP contribution in [0.5, 0.6) is 0 Å². The van der Waals surface area contributed by atoms with Crippen LogP contribution in [-0.2, 0) is 22.5 Å². The maximum Gasteiger partial charge on any atom is 0.341 e. The average molecular weight is 459 g/mol. The van der Waals surface area contributed by atoms with Crippen molar-refractivity contribution in [2.24, 2.45) is 0 Å². The number of aryl methyl sites for hydroxylation is 2. The molecule has 0 unspecified atom stereocenters. The summed E-state index contributed by atoms with van der Waals surface area (Å²) in [6.07, 6.45) is 0.693. The van der Waals surface area contributed by atoms with Crippen molar-refractivity contribution in [3.8, 4) is 11.4 Å². The summed E-state index contributed by atoms with van der Waals surface area (Å²) in [5, 5.41) is 12.7. The SMILES string of the molecule is CCc1c(C)sc(NC(=O)CSc2nnc(-c3cccc(C)c3)n2CC)c1C(=O)OC. The maximum absolute atomic E-state index is 12.6. The van der Waals surface area contributed by atoms with E-state index in [2.05, 4.69) is 21.6 Å². The van der Waals surface area contributed by atoms with Gasteiger partial charge in [-0.05, 0) is 38.8 Å². The van der Waals surface area contributed by atoms with Crippen molar-refractivity contribution in [3.63, 3.8) is 0 Å². The highest BCUT2D eigenvalue weighted by atomic mass is 32.2. The Labute approximate surface area is 190 Å². The van der Waals surface area contributed by atoms with Crippen LogP contribution in [0.2, 0.25) is 0 Å². The summed E-state index contributed by atoms with van der Waals surface area (Å²) >= 11 is 2.72. The average Bonchev–Trinajstić information content (AvgIpc) is 3.31. The summed E-state index contributed by atoms with van der Waals surface area (Å²) in [6, 6.07) is 8.10. The Morgan fingerprint density at radius 1 is 1.23 bits per heavy atom. The van der Waals surface area contributed by atoms with E-state index in [1.54, 1.807) is 0 Å². The Bertz CT molecular complexity index is 1100. The van der Waals surface area contributed by atoms with Crippen molar-refractivity contribution in [1.82, 2.24) is 14.8 Å². The molecule has 1 amide bonds. The first-order valence-electron chi connectivity index (χ1n) is 10.0. The van der Waals surface area contributed by atoms with Crippen LogP contribution in [0, 0.1) is 13.8 Å². The summed E-state index contributed by atoms with van der Waals surface area (Å²) in [7, 11) is 1.35. The largest absolute Gasteiger partial charge is 0.465 e. The fraction of sp³-hybridized carbons (Fsp3) is 0.364. The number of rotatable bonds is 8. The molecule has 0 bridgehead atoms. The highest BCUT2D eigenvalue weighted by Gasteiger charge is 2.23. The Morgan fingerprint density at radius 2 is 2.00 bits per heavy atom. The number of thiophene rings is 1. The normalized spacial score (nSPS) is 10.9. The summed E-state index contributed by atoms with van der Waals surface area (Å²) in [4.78, 5) is 25.9. The van der Waals surface area contributed by atoms with Crippen molar-refractivity contribution >= 4 is 40.0 Å². The summed E-state index contributed by atoms with van der Waals surface area (Å²) in [6.45, 7) is 8.67. The second-order valence-corrected chi connectivity index (χ2v) is 9.11. The first-order valence-corrected chi connectivity index (χ1v) is 11.8. The van der Waals surface area contributed by atoms with Crippen LogP contribution in [0.25, 0.3) is 11.4 Å². The fourth-order valence-electron chi connectivity index (χ4n) is 3.38. The number of aromatic nitrogens is 3. The number of amides is 1. The van der Waals surface area contributed by atoms with Gasteiger partial charge >= 0.3 is 5.97 Å². The molecule has 0 atom stereocenters. The standard InChI is InChI=1S/C22H26N4O3S2/c1-6-16-14(4)31-20(18(16)21(28)29-5)23-17(27)12-30-22-25-24-19(26(22)7-2)15-10-8-9-13(3)11-15/h8-11H,6-7,12H2,1-5H3,(H,23,27). The van der Waals surface area contributed by atoms with E-state index in [1.165, 1.54) is 30.2 Å². The molecule has 0 aliphatic carbocycles. The number of nitrogens with one attached hydrogen (secondary N) is 1. The molecule has 7 nitrogen and oxygen atoms in total. The van der Waals surface area contributed by atoms with Crippen LogP contribution < -0.4 is 5.32 Å². The van der Waals surface area contributed by atoms with Gasteiger partial charge in [0.2, 0.25) is 5.91 Å². The lowest BCUT2D eigenvalue weighted by Gasteiger charge is -2.09. The van der Waals surface area contributed by atoms with Gasteiger partial charge in [0, 0.05) is 17.0 Å². The number of methoxy groups -OCH3 is 1. The number of carbonyl (C=O) groups excluding carboxylic acids is 2. The van der Waals surface area contributed by atoms with Gasteiger partial charge in [0.1, 0.15) is 5.00 Å². The number of carbonyl (C=O) groups is 2. The van der Waals surface area contributed by atoms with Gasteiger partial charge in [0.15, 0.2) is 11.0 Å². The van der Waals surface area contributed by atoms with E-state index in [9.17, 15) is 9.59 Å². The van der Waals surface area contributed by atoms with Crippen LogP contribution >= 0.6 is 23.1 Å². The molecule has 0 spiro atoms. The number of benzene rings is 1.